The number of rotatable bonds is 0. The second kappa shape index (κ2) is 4.94. The van der Waals surface area contributed by atoms with Crippen molar-refractivity contribution in [3.63, 3.8) is 0 Å². The fourth-order valence-electron chi connectivity index (χ4n) is 0. The summed E-state index contributed by atoms with van der Waals surface area (Å²) in [6, 6.07) is 0. The predicted molar refractivity (Wildman–Crippen MR) is 12.0 cm³/mol. The zero-order chi connectivity index (χ0) is 3.58. The quantitative estimate of drug-likeness (QED) is 0.407. The molecule has 0 spiro atoms. The molecule has 0 heterocycles. The zero-order valence-electron chi connectivity index (χ0n) is 2.46. The van der Waals surface area contributed by atoms with Gasteiger partial charge in [0.15, 0.2) is 0 Å². The van der Waals surface area contributed by atoms with E-state index in [0.717, 1.165) is 0 Å². The normalized spacial score (nSPS) is 5.20. The van der Waals surface area contributed by atoms with Crippen molar-refractivity contribution in [2.45, 2.75) is 0 Å². The Morgan fingerprint density at radius 2 is 1.40 bits per heavy atom. The van der Waals surface area contributed by atoms with Crippen molar-refractivity contribution in [2.24, 2.45) is 0 Å². The van der Waals surface area contributed by atoms with Crippen LogP contribution in [0.1, 0.15) is 0 Å². The fourth-order valence-corrected chi connectivity index (χ4v) is 0. The molecular weight excluding hydrogens is 191 g/mol. The summed E-state index contributed by atoms with van der Waals surface area (Å²) in [6.07, 6.45) is 0. The molecule has 2 N–H and O–H groups in total. The molecule has 0 saturated carbocycles. The van der Waals surface area contributed by atoms with E-state index in [2.05, 4.69) is 0 Å². The third kappa shape index (κ3) is 48.2. The van der Waals surface area contributed by atoms with Gasteiger partial charge in [-0.15, -0.1) is 9.79 Å². The summed E-state index contributed by atoms with van der Waals surface area (Å²) in [5.41, 5.74) is 0. The van der Waals surface area contributed by atoms with Gasteiger partial charge in [0.05, 0.1) is 0 Å². The van der Waals surface area contributed by atoms with Crippen molar-refractivity contribution in [1.29, 1.82) is 0 Å². The molecule has 26 valence electrons. The van der Waals surface area contributed by atoms with Crippen molar-refractivity contribution < 1.29 is 41.7 Å². The molecule has 0 unspecified atom stereocenters. The maximum absolute atomic E-state index is 8.70. The Morgan fingerprint density at radius 1 is 1.40 bits per heavy atom. The summed E-state index contributed by atoms with van der Waals surface area (Å²) in [4.78, 5) is 14.2. The first-order chi connectivity index (χ1) is 1.73. The van der Waals surface area contributed by atoms with Gasteiger partial charge in [-0.3, -0.25) is 0 Å². The number of hydrogen-bond acceptors (Lipinski definition) is 1. The summed E-state index contributed by atoms with van der Waals surface area (Å²) in [7, 11) is -2.87. The molecule has 0 saturated heterocycles. The Bertz CT molecular complexity index is 29.9. The maximum Gasteiger partial charge on any atom is 0.692 e. The van der Waals surface area contributed by atoms with Crippen LogP contribution in [0.3, 0.4) is 0 Å². The van der Waals surface area contributed by atoms with Crippen LogP contribution < -0.4 is 0 Å². The first-order valence-corrected chi connectivity index (χ1v) is 1.75. The maximum atomic E-state index is 8.70. The average Bonchev–Trinajstić information content (AvgIpc) is 0.811. The minimum atomic E-state index is -2.87. The van der Waals surface area contributed by atoms with Gasteiger partial charge >= 0.3 is 8.25 Å². The minimum Gasteiger partial charge on any atom is -0.134 e. The van der Waals surface area contributed by atoms with Crippen LogP contribution in [0.2, 0.25) is 0 Å². The molecule has 0 aromatic rings. The van der Waals surface area contributed by atoms with Gasteiger partial charge in [0, 0.05) is 31.9 Å². The largest absolute Gasteiger partial charge is 0.692 e. The molecule has 0 radical (unpaired) electrons. The van der Waals surface area contributed by atoms with E-state index < -0.39 is 8.25 Å². The molecule has 3 nitrogen and oxygen atoms in total. The van der Waals surface area contributed by atoms with Crippen molar-refractivity contribution in [3.05, 3.63) is 0 Å². The van der Waals surface area contributed by atoms with Gasteiger partial charge in [0.2, 0.25) is 0 Å². The molecule has 5 heavy (non-hydrogen) atoms. The number of hydrogen-bond donors (Lipinski definition) is 2. The van der Waals surface area contributed by atoms with Gasteiger partial charge < -0.3 is 0 Å². The van der Waals surface area contributed by atoms with Gasteiger partial charge in [-0.25, -0.2) is 0 Å². The first-order valence-electron chi connectivity index (χ1n) is 0.583. The van der Waals surface area contributed by atoms with Crippen molar-refractivity contribution >= 4 is 8.25 Å². The van der Waals surface area contributed by atoms with Crippen LogP contribution in [0.15, 0.2) is 0 Å². The third-order valence-electron chi connectivity index (χ3n) is 0. The molecule has 0 aliphatic heterocycles. The van der Waals surface area contributed by atoms with Crippen molar-refractivity contribution in [2.75, 3.05) is 0 Å². The Hall–Kier alpha value is 0.942. The smallest absolute Gasteiger partial charge is 0.134 e. The Labute approximate surface area is 50.1 Å². The Balaban J connectivity index is 0. The van der Waals surface area contributed by atoms with Crippen LogP contribution >= 0.6 is 8.25 Å². The van der Waals surface area contributed by atoms with E-state index in [4.69, 9.17) is 14.4 Å². The van der Waals surface area contributed by atoms with Gasteiger partial charge in [0.25, 0.3) is 0 Å². The molecule has 0 atom stereocenters. The molecule has 0 aromatic heterocycles. The van der Waals surface area contributed by atoms with E-state index in [1.165, 1.54) is 0 Å². The molecule has 0 rings (SSSR count). The Morgan fingerprint density at radius 3 is 1.40 bits per heavy atom. The summed E-state index contributed by atoms with van der Waals surface area (Å²) in [5, 5.41) is 0. The predicted octanol–water partition coefficient (Wildman–Crippen LogP) is -0.374. The van der Waals surface area contributed by atoms with Crippen molar-refractivity contribution in [3.8, 4) is 0 Å². The molecule has 0 amide bonds. The van der Waals surface area contributed by atoms with Crippen LogP contribution in [-0.2, 0) is 31.9 Å². The SMILES string of the molecule is O=[P+](O)O.[Cd]. The first kappa shape index (κ1) is 9.34. The zero-order valence-corrected chi connectivity index (χ0v) is 7.39. The third-order valence-corrected chi connectivity index (χ3v) is 0. The monoisotopic (exact) mass is 195 g/mol. The summed E-state index contributed by atoms with van der Waals surface area (Å²) in [5.74, 6) is 0. The van der Waals surface area contributed by atoms with E-state index in [1.807, 2.05) is 0 Å². The van der Waals surface area contributed by atoms with E-state index >= 15 is 0 Å². The molecule has 0 aliphatic rings. The molecule has 0 bridgehead atoms. The van der Waals surface area contributed by atoms with E-state index in [-0.39, 0.29) is 27.3 Å². The standard InChI is InChI=1S/Cd.HO3P/c;1-4(2)3/h;(H-,1,2,3)/p+1. The molecular formula is H2CdO3P+. The molecule has 0 aliphatic carbocycles. The molecule has 0 fully saturated rings. The van der Waals surface area contributed by atoms with Crippen LogP contribution in [0.5, 0.6) is 0 Å². The Kier molecular flexibility index (Phi) is 9.23. The summed E-state index contributed by atoms with van der Waals surface area (Å²) < 4.78 is 8.70. The molecule has 0 aromatic carbocycles. The van der Waals surface area contributed by atoms with E-state index in [1.54, 1.807) is 0 Å². The van der Waals surface area contributed by atoms with Crippen LogP contribution in [0, 0.1) is 0 Å². The van der Waals surface area contributed by atoms with Gasteiger partial charge in [-0.05, 0) is 0 Å². The summed E-state index contributed by atoms with van der Waals surface area (Å²) in [6.45, 7) is 0. The van der Waals surface area contributed by atoms with Crippen LogP contribution in [-0.4, -0.2) is 9.79 Å². The van der Waals surface area contributed by atoms with E-state index in [9.17, 15) is 0 Å². The molecule has 5 heteroatoms. The van der Waals surface area contributed by atoms with E-state index in [0.29, 0.717) is 0 Å². The van der Waals surface area contributed by atoms with Crippen LogP contribution in [0.25, 0.3) is 0 Å². The van der Waals surface area contributed by atoms with Gasteiger partial charge in [-0.2, -0.15) is 0 Å². The summed E-state index contributed by atoms with van der Waals surface area (Å²) >= 11 is 0. The van der Waals surface area contributed by atoms with Gasteiger partial charge in [0.1, 0.15) is 0 Å². The average molecular weight is 193 g/mol. The van der Waals surface area contributed by atoms with Gasteiger partial charge in [-0.1, -0.05) is 0 Å². The fraction of sp³-hybridized carbons (Fsp3) is 0. The second-order valence-electron chi connectivity index (χ2n) is 0.253. The topological polar surface area (TPSA) is 57.5 Å². The second-order valence-corrected chi connectivity index (χ2v) is 0.758. The minimum absolute atomic E-state index is 0. The van der Waals surface area contributed by atoms with Crippen molar-refractivity contribution in [1.82, 2.24) is 0 Å². The van der Waals surface area contributed by atoms with Crippen LogP contribution in [0.4, 0.5) is 0 Å².